The summed E-state index contributed by atoms with van der Waals surface area (Å²) < 4.78 is 5.66. The van der Waals surface area contributed by atoms with Gasteiger partial charge in [-0.3, -0.25) is 9.59 Å². The number of carbonyl (C=O) groups excluding carboxylic acids is 2. The standard InChI is InChI=1S/C17H24N4O3/c22-15(6-8-21-7-3-5-16(21)23)18-10-13-11-19-17(20-12-13)14-4-1-2-9-24-14/h11-12,14H,1-10H2,(H,18,22)/t14-/m1/s1. The first-order valence-corrected chi connectivity index (χ1v) is 8.69. The van der Waals surface area contributed by atoms with Crippen LogP contribution in [0, 0.1) is 0 Å². The molecule has 3 heterocycles. The van der Waals surface area contributed by atoms with E-state index in [0.717, 1.165) is 50.2 Å². The van der Waals surface area contributed by atoms with Crippen LogP contribution in [0.4, 0.5) is 0 Å². The number of amides is 2. The first-order valence-electron chi connectivity index (χ1n) is 8.69. The fourth-order valence-corrected chi connectivity index (χ4v) is 3.03. The Labute approximate surface area is 141 Å². The second-order valence-corrected chi connectivity index (χ2v) is 6.32. The zero-order valence-electron chi connectivity index (χ0n) is 13.9. The molecule has 1 atom stereocenters. The molecular weight excluding hydrogens is 308 g/mol. The molecule has 2 aliphatic heterocycles. The van der Waals surface area contributed by atoms with Crippen molar-refractivity contribution in [3.05, 3.63) is 23.8 Å². The minimum absolute atomic E-state index is 0.000360. The molecule has 7 nitrogen and oxygen atoms in total. The van der Waals surface area contributed by atoms with Gasteiger partial charge in [0.15, 0.2) is 5.82 Å². The number of aromatic nitrogens is 2. The lowest BCUT2D eigenvalue weighted by atomic mass is 10.1. The average molecular weight is 332 g/mol. The molecule has 0 bridgehead atoms. The van der Waals surface area contributed by atoms with Crippen molar-refractivity contribution in [1.82, 2.24) is 20.2 Å². The van der Waals surface area contributed by atoms with Crippen molar-refractivity contribution in [3.63, 3.8) is 0 Å². The molecule has 0 aromatic carbocycles. The zero-order valence-corrected chi connectivity index (χ0v) is 13.9. The molecule has 0 aliphatic carbocycles. The lowest BCUT2D eigenvalue weighted by Gasteiger charge is -2.21. The number of ether oxygens (including phenoxy) is 1. The van der Waals surface area contributed by atoms with Crippen molar-refractivity contribution in [3.8, 4) is 0 Å². The summed E-state index contributed by atoms with van der Waals surface area (Å²) in [5.41, 5.74) is 0.861. The molecule has 0 spiro atoms. The van der Waals surface area contributed by atoms with E-state index in [1.807, 2.05) is 0 Å². The fourth-order valence-electron chi connectivity index (χ4n) is 3.03. The van der Waals surface area contributed by atoms with E-state index in [-0.39, 0.29) is 17.9 Å². The Morgan fingerprint density at radius 3 is 2.79 bits per heavy atom. The monoisotopic (exact) mass is 332 g/mol. The van der Waals surface area contributed by atoms with Gasteiger partial charge in [-0.05, 0) is 25.7 Å². The molecule has 1 aromatic heterocycles. The Balaban J connectivity index is 1.41. The van der Waals surface area contributed by atoms with Crippen LogP contribution >= 0.6 is 0 Å². The molecule has 7 heteroatoms. The van der Waals surface area contributed by atoms with E-state index in [4.69, 9.17) is 4.74 Å². The van der Waals surface area contributed by atoms with Gasteiger partial charge in [0.05, 0.1) is 0 Å². The van der Waals surface area contributed by atoms with Crippen LogP contribution in [0.1, 0.15) is 56.0 Å². The van der Waals surface area contributed by atoms with E-state index in [2.05, 4.69) is 15.3 Å². The molecule has 3 rings (SSSR count). The molecule has 0 unspecified atom stereocenters. The van der Waals surface area contributed by atoms with Crippen molar-refractivity contribution in [2.45, 2.75) is 51.2 Å². The molecule has 1 N–H and O–H groups in total. The molecule has 2 amide bonds. The maximum atomic E-state index is 11.9. The Kier molecular flexibility index (Phi) is 5.74. The molecule has 0 radical (unpaired) electrons. The lowest BCUT2D eigenvalue weighted by molar-refractivity contribution is -0.128. The van der Waals surface area contributed by atoms with E-state index in [1.165, 1.54) is 0 Å². The van der Waals surface area contributed by atoms with Gasteiger partial charge in [-0.2, -0.15) is 0 Å². The highest BCUT2D eigenvalue weighted by Crippen LogP contribution is 2.24. The first-order chi connectivity index (χ1) is 11.7. The number of hydrogen-bond acceptors (Lipinski definition) is 5. The second kappa shape index (κ2) is 8.19. The third-order valence-electron chi connectivity index (χ3n) is 4.46. The summed E-state index contributed by atoms with van der Waals surface area (Å²) in [5.74, 6) is 0.809. The number of nitrogens with zero attached hydrogens (tertiary/aromatic N) is 3. The topological polar surface area (TPSA) is 84.4 Å². The van der Waals surface area contributed by atoms with Gasteiger partial charge in [0.1, 0.15) is 6.10 Å². The van der Waals surface area contributed by atoms with Crippen molar-refractivity contribution in [2.24, 2.45) is 0 Å². The molecule has 24 heavy (non-hydrogen) atoms. The molecule has 0 saturated carbocycles. The van der Waals surface area contributed by atoms with Gasteiger partial charge in [-0.15, -0.1) is 0 Å². The number of nitrogens with one attached hydrogen (secondary N) is 1. The first kappa shape index (κ1) is 16.8. The molecule has 2 saturated heterocycles. The van der Waals surface area contributed by atoms with E-state index in [9.17, 15) is 9.59 Å². The summed E-state index contributed by atoms with van der Waals surface area (Å²) in [6.45, 7) is 2.44. The molecular formula is C17H24N4O3. The SMILES string of the molecule is O=C(CCN1CCCC1=O)NCc1cnc([C@H]2CCCCO2)nc1. The lowest BCUT2D eigenvalue weighted by Crippen LogP contribution is -2.31. The van der Waals surface area contributed by atoms with Crippen LogP contribution in [0.5, 0.6) is 0 Å². The maximum Gasteiger partial charge on any atom is 0.222 e. The maximum absolute atomic E-state index is 11.9. The van der Waals surface area contributed by atoms with Gasteiger partial charge in [0.25, 0.3) is 0 Å². The normalized spacial score (nSPS) is 21.1. The highest BCUT2D eigenvalue weighted by atomic mass is 16.5. The van der Waals surface area contributed by atoms with Crippen molar-refractivity contribution >= 4 is 11.8 Å². The predicted molar refractivity (Wildman–Crippen MR) is 86.9 cm³/mol. The molecule has 2 fully saturated rings. The predicted octanol–water partition coefficient (Wildman–Crippen LogP) is 1.35. The Hall–Kier alpha value is -2.02. The Morgan fingerprint density at radius 2 is 2.12 bits per heavy atom. The van der Waals surface area contributed by atoms with Crippen LogP contribution in [0.15, 0.2) is 12.4 Å². The number of carbonyl (C=O) groups is 2. The fraction of sp³-hybridized carbons (Fsp3) is 0.647. The molecule has 1 aromatic rings. The van der Waals surface area contributed by atoms with Crippen LogP contribution in [0.3, 0.4) is 0 Å². The third-order valence-corrected chi connectivity index (χ3v) is 4.46. The summed E-state index contributed by atoms with van der Waals surface area (Å²) in [6.07, 6.45) is 8.53. The second-order valence-electron chi connectivity index (χ2n) is 6.32. The van der Waals surface area contributed by atoms with Gasteiger partial charge in [0.2, 0.25) is 11.8 Å². The molecule has 2 aliphatic rings. The third kappa shape index (κ3) is 4.50. The van der Waals surface area contributed by atoms with Gasteiger partial charge in [-0.25, -0.2) is 9.97 Å². The molecule has 130 valence electrons. The van der Waals surface area contributed by atoms with Crippen molar-refractivity contribution < 1.29 is 14.3 Å². The van der Waals surface area contributed by atoms with E-state index in [1.54, 1.807) is 17.3 Å². The van der Waals surface area contributed by atoms with Crippen LogP contribution in [0.2, 0.25) is 0 Å². The van der Waals surface area contributed by atoms with Gasteiger partial charge in [-0.1, -0.05) is 0 Å². The smallest absolute Gasteiger partial charge is 0.222 e. The van der Waals surface area contributed by atoms with Crippen molar-refractivity contribution in [1.29, 1.82) is 0 Å². The van der Waals surface area contributed by atoms with Gasteiger partial charge < -0.3 is 15.0 Å². The highest BCUT2D eigenvalue weighted by molar-refractivity contribution is 5.80. The quantitative estimate of drug-likeness (QED) is 0.850. The minimum Gasteiger partial charge on any atom is -0.370 e. The number of hydrogen-bond donors (Lipinski definition) is 1. The summed E-state index contributed by atoms with van der Waals surface area (Å²) >= 11 is 0. The van der Waals surface area contributed by atoms with E-state index >= 15 is 0 Å². The zero-order chi connectivity index (χ0) is 16.8. The Morgan fingerprint density at radius 1 is 1.29 bits per heavy atom. The summed E-state index contributed by atoms with van der Waals surface area (Å²) in [6, 6.07) is 0. The van der Waals surface area contributed by atoms with Crippen molar-refractivity contribution in [2.75, 3.05) is 19.7 Å². The van der Waals surface area contributed by atoms with Gasteiger partial charge in [0, 0.05) is 57.0 Å². The summed E-state index contributed by atoms with van der Waals surface area (Å²) in [4.78, 5) is 33.8. The average Bonchev–Trinajstić information content (AvgIpc) is 3.04. The summed E-state index contributed by atoms with van der Waals surface area (Å²) in [7, 11) is 0. The number of rotatable bonds is 6. The largest absolute Gasteiger partial charge is 0.370 e. The van der Waals surface area contributed by atoms with Crippen LogP contribution in [-0.2, 0) is 20.9 Å². The van der Waals surface area contributed by atoms with Crippen LogP contribution < -0.4 is 5.32 Å². The van der Waals surface area contributed by atoms with Crippen LogP contribution in [-0.4, -0.2) is 46.4 Å². The van der Waals surface area contributed by atoms with Gasteiger partial charge >= 0.3 is 0 Å². The highest BCUT2D eigenvalue weighted by Gasteiger charge is 2.20. The van der Waals surface area contributed by atoms with Crippen LogP contribution in [0.25, 0.3) is 0 Å². The Bertz CT molecular complexity index is 570. The number of likely N-dealkylation sites (tertiary alicyclic amines) is 1. The minimum atomic E-state index is -0.0607. The summed E-state index contributed by atoms with van der Waals surface area (Å²) in [5, 5.41) is 2.85. The van der Waals surface area contributed by atoms with E-state index < -0.39 is 0 Å². The van der Waals surface area contributed by atoms with E-state index in [0.29, 0.717) is 25.9 Å².